The van der Waals surface area contributed by atoms with Crippen molar-refractivity contribution in [3.63, 3.8) is 0 Å². The predicted octanol–water partition coefficient (Wildman–Crippen LogP) is 3.35. The maximum Gasteiger partial charge on any atom is 0.228 e. The second-order valence-electron chi connectivity index (χ2n) is 5.52. The van der Waals surface area contributed by atoms with Crippen LogP contribution in [-0.4, -0.2) is 30.5 Å². The van der Waals surface area contributed by atoms with Gasteiger partial charge in [0.25, 0.3) is 0 Å². The lowest BCUT2D eigenvalue weighted by atomic mass is 10.2. The Hall–Kier alpha value is -1.85. The maximum absolute atomic E-state index is 12.0. The fraction of sp³-hybridized carbons (Fsp3) is 0.471. The largest absolute Gasteiger partial charge is 0.497 e. The van der Waals surface area contributed by atoms with E-state index >= 15 is 0 Å². The summed E-state index contributed by atoms with van der Waals surface area (Å²) in [6.45, 7) is 2.67. The summed E-state index contributed by atoms with van der Waals surface area (Å²) in [4.78, 5) is 12.0. The van der Waals surface area contributed by atoms with E-state index in [0.717, 1.165) is 48.2 Å². The van der Waals surface area contributed by atoms with Gasteiger partial charge in [0, 0.05) is 25.0 Å². The Morgan fingerprint density at radius 1 is 1.36 bits per heavy atom. The Balaban J connectivity index is 1.87. The molecular weight excluding hydrogens is 282 g/mol. The van der Waals surface area contributed by atoms with Crippen molar-refractivity contribution in [2.75, 3.05) is 13.7 Å². The van der Waals surface area contributed by atoms with E-state index in [4.69, 9.17) is 14.2 Å². The van der Waals surface area contributed by atoms with Crippen molar-refractivity contribution in [1.82, 2.24) is 4.57 Å². The predicted molar refractivity (Wildman–Crippen MR) is 83.2 cm³/mol. The molecule has 1 aliphatic heterocycles. The highest BCUT2D eigenvalue weighted by molar-refractivity contribution is 5.93. The van der Waals surface area contributed by atoms with Crippen LogP contribution in [0.5, 0.6) is 5.75 Å². The topological polar surface area (TPSA) is 49.7 Å². The normalized spacial score (nSPS) is 18.5. The molecule has 1 saturated heterocycles. The molecule has 2 aromatic rings. The molecule has 3 rings (SSSR count). The number of benzene rings is 1. The van der Waals surface area contributed by atoms with Gasteiger partial charge in [-0.1, -0.05) is 0 Å². The highest BCUT2D eigenvalue weighted by Gasteiger charge is 2.17. The third kappa shape index (κ3) is 3.00. The average molecular weight is 303 g/mol. The van der Waals surface area contributed by atoms with E-state index in [1.165, 1.54) is 0 Å². The van der Waals surface area contributed by atoms with E-state index in [1.54, 1.807) is 18.6 Å². The zero-order valence-corrected chi connectivity index (χ0v) is 13.0. The van der Waals surface area contributed by atoms with Crippen molar-refractivity contribution in [3.05, 3.63) is 30.0 Å². The second-order valence-corrected chi connectivity index (χ2v) is 5.52. The monoisotopic (exact) mass is 303 g/mol. The van der Waals surface area contributed by atoms with Gasteiger partial charge in [0.1, 0.15) is 5.75 Å². The molecule has 1 aromatic heterocycles. The number of aromatic nitrogens is 1. The highest BCUT2D eigenvalue weighted by atomic mass is 16.7. The van der Waals surface area contributed by atoms with Gasteiger partial charge in [-0.15, -0.1) is 0 Å². The van der Waals surface area contributed by atoms with Crippen LogP contribution in [0.4, 0.5) is 0 Å². The van der Waals surface area contributed by atoms with Crippen LogP contribution in [0.1, 0.15) is 36.7 Å². The molecule has 1 fully saturated rings. The van der Waals surface area contributed by atoms with E-state index in [1.807, 2.05) is 24.3 Å². The van der Waals surface area contributed by atoms with Gasteiger partial charge in [0.15, 0.2) is 6.29 Å². The summed E-state index contributed by atoms with van der Waals surface area (Å²) < 4.78 is 18.3. The minimum atomic E-state index is -0.165. The van der Waals surface area contributed by atoms with Gasteiger partial charge in [-0.2, -0.15) is 0 Å². The number of nitrogens with zero attached hydrogens (tertiary/aromatic N) is 1. The molecule has 0 bridgehead atoms. The summed E-state index contributed by atoms with van der Waals surface area (Å²) in [5.74, 6) is 0.697. The first-order valence-electron chi connectivity index (χ1n) is 7.61. The Morgan fingerprint density at radius 3 is 2.91 bits per heavy atom. The maximum atomic E-state index is 12.0. The number of hydrogen-bond donors (Lipinski definition) is 0. The fourth-order valence-electron chi connectivity index (χ4n) is 2.86. The molecule has 0 spiro atoms. The summed E-state index contributed by atoms with van der Waals surface area (Å²) in [5.41, 5.74) is 1.68. The smallest absolute Gasteiger partial charge is 0.228 e. The molecule has 2 heterocycles. The van der Waals surface area contributed by atoms with Crippen LogP contribution in [0.2, 0.25) is 0 Å². The van der Waals surface area contributed by atoms with Crippen LogP contribution in [0, 0.1) is 0 Å². The highest BCUT2D eigenvalue weighted by Crippen LogP contribution is 2.26. The van der Waals surface area contributed by atoms with Crippen molar-refractivity contribution in [2.24, 2.45) is 0 Å². The minimum Gasteiger partial charge on any atom is -0.497 e. The van der Waals surface area contributed by atoms with E-state index < -0.39 is 0 Å². The van der Waals surface area contributed by atoms with Crippen molar-refractivity contribution in [2.45, 2.75) is 39.1 Å². The van der Waals surface area contributed by atoms with E-state index in [2.05, 4.69) is 0 Å². The van der Waals surface area contributed by atoms with Crippen molar-refractivity contribution in [3.8, 4) is 5.75 Å². The summed E-state index contributed by atoms with van der Waals surface area (Å²) in [5, 5.41) is 0.999. The van der Waals surface area contributed by atoms with Gasteiger partial charge in [-0.05, 0) is 37.5 Å². The Bertz CT molecular complexity index is 671. The third-order valence-electron chi connectivity index (χ3n) is 3.96. The zero-order chi connectivity index (χ0) is 15.5. The van der Waals surface area contributed by atoms with E-state index in [9.17, 15) is 4.79 Å². The van der Waals surface area contributed by atoms with E-state index in [-0.39, 0.29) is 12.2 Å². The zero-order valence-electron chi connectivity index (χ0n) is 13.0. The summed E-state index contributed by atoms with van der Waals surface area (Å²) in [6.07, 6.45) is 2.96. The van der Waals surface area contributed by atoms with Gasteiger partial charge >= 0.3 is 0 Å². The summed E-state index contributed by atoms with van der Waals surface area (Å²) in [7, 11) is 1.62. The van der Waals surface area contributed by atoms with Crippen LogP contribution in [0.15, 0.2) is 24.3 Å². The molecule has 0 amide bonds. The van der Waals surface area contributed by atoms with Crippen molar-refractivity contribution < 1.29 is 19.0 Å². The third-order valence-corrected chi connectivity index (χ3v) is 3.96. The quantitative estimate of drug-likeness (QED) is 0.869. The first kappa shape index (κ1) is 15.1. The molecule has 118 valence electrons. The van der Waals surface area contributed by atoms with Crippen molar-refractivity contribution in [1.29, 1.82) is 0 Å². The second kappa shape index (κ2) is 6.50. The Kier molecular flexibility index (Phi) is 4.45. The van der Waals surface area contributed by atoms with Gasteiger partial charge in [-0.3, -0.25) is 9.36 Å². The number of methoxy groups -OCH3 is 1. The van der Waals surface area contributed by atoms with Crippen LogP contribution in [-0.2, 0) is 16.1 Å². The molecule has 0 N–H and O–H groups in total. The average Bonchev–Trinajstić information content (AvgIpc) is 2.91. The Labute approximate surface area is 129 Å². The first-order valence-corrected chi connectivity index (χ1v) is 7.61. The lowest BCUT2D eigenvalue weighted by Crippen LogP contribution is -2.23. The summed E-state index contributed by atoms with van der Waals surface area (Å²) >= 11 is 0. The van der Waals surface area contributed by atoms with Crippen molar-refractivity contribution >= 4 is 16.8 Å². The molecular formula is C17H21NO4. The molecule has 0 aliphatic carbocycles. The number of hydrogen-bond acceptors (Lipinski definition) is 4. The molecule has 1 atom stereocenters. The van der Waals surface area contributed by atoms with Gasteiger partial charge in [0.2, 0.25) is 5.91 Å². The van der Waals surface area contributed by atoms with Crippen LogP contribution >= 0.6 is 0 Å². The standard InChI is InChI=1S/C17H21NO4/c1-12(19)18-14(11-22-17-5-3-4-8-21-17)9-13-6-7-15(20-2)10-16(13)18/h6-7,9-10,17H,3-5,8,11H2,1-2H3. The Morgan fingerprint density at radius 2 is 2.23 bits per heavy atom. The lowest BCUT2D eigenvalue weighted by Gasteiger charge is -2.22. The number of ether oxygens (including phenoxy) is 3. The number of fused-ring (bicyclic) bond motifs is 1. The lowest BCUT2D eigenvalue weighted by molar-refractivity contribution is -0.169. The first-order chi connectivity index (χ1) is 10.7. The fourth-order valence-corrected chi connectivity index (χ4v) is 2.86. The molecule has 1 aliphatic rings. The van der Waals surface area contributed by atoms with Crippen LogP contribution in [0.25, 0.3) is 10.9 Å². The molecule has 1 aromatic carbocycles. The minimum absolute atomic E-state index is 0.0357. The van der Waals surface area contributed by atoms with Gasteiger partial charge in [0.05, 0.1) is 24.9 Å². The number of rotatable bonds is 4. The molecule has 5 nitrogen and oxygen atoms in total. The molecule has 0 radical (unpaired) electrons. The van der Waals surface area contributed by atoms with Gasteiger partial charge < -0.3 is 14.2 Å². The van der Waals surface area contributed by atoms with Crippen LogP contribution in [0.3, 0.4) is 0 Å². The molecule has 5 heteroatoms. The summed E-state index contributed by atoms with van der Waals surface area (Å²) in [6, 6.07) is 7.70. The molecule has 1 unspecified atom stereocenters. The van der Waals surface area contributed by atoms with Crippen LogP contribution < -0.4 is 4.74 Å². The number of carbonyl (C=O) groups excluding carboxylic acids is 1. The molecule has 22 heavy (non-hydrogen) atoms. The van der Waals surface area contributed by atoms with Gasteiger partial charge in [-0.25, -0.2) is 0 Å². The number of carbonyl (C=O) groups is 1. The SMILES string of the molecule is COc1ccc2cc(COC3CCCCO3)n(C(C)=O)c2c1. The molecule has 0 saturated carbocycles. The van der Waals surface area contributed by atoms with E-state index in [0.29, 0.717) is 6.61 Å².